The number of hydrogen-bond donors (Lipinski definition) is 13. The van der Waals surface area contributed by atoms with Gasteiger partial charge in [-0.15, -0.1) is 0 Å². The summed E-state index contributed by atoms with van der Waals surface area (Å²) >= 11 is 0. The van der Waals surface area contributed by atoms with Gasteiger partial charge in [0, 0.05) is 11.3 Å². The fourth-order valence-corrected chi connectivity index (χ4v) is 15.4. The Bertz CT molecular complexity index is 1860. The van der Waals surface area contributed by atoms with E-state index in [0.717, 1.165) is 5.57 Å². The van der Waals surface area contributed by atoms with Crippen LogP contribution in [0.15, 0.2) is 11.6 Å². The summed E-state index contributed by atoms with van der Waals surface area (Å²) in [6.07, 6.45) is -22.3. The van der Waals surface area contributed by atoms with Crippen LogP contribution >= 0.6 is 0 Å². The van der Waals surface area contributed by atoms with Gasteiger partial charge in [-0.3, -0.25) is 4.79 Å². The molecule has 7 fully saturated rings. The summed E-state index contributed by atoms with van der Waals surface area (Å²) in [6.45, 7) is 12.1. The minimum Gasteiger partial charge on any atom is -0.432 e. The van der Waals surface area contributed by atoms with E-state index in [9.17, 15) is 66.4 Å². The number of fused-ring (bicyclic) bond motifs is 7. The monoisotopic (exact) mass is 975 g/mol. The number of carbonyl (C=O) groups is 1. The molecule has 3 saturated heterocycles. The Balaban J connectivity index is 0.994. The molecule has 0 aromatic heterocycles. The number of aliphatic hydroxyl groups excluding tert-OH is 13. The van der Waals surface area contributed by atoms with Gasteiger partial charge in [-0.05, 0) is 91.8 Å². The molecule has 0 spiro atoms. The summed E-state index contributed by atoms with van der Waals surface area (Å²) in [5.74, 6) is -1.31. The van der Waals surface area contributed by atoms with Gasteiger partial charge < -0.3 is 94.8 Å². The lowest BCUT2D eigenvalue weighted by Crippen LogP contribution is -2.71. The Labute approximate surface area is 396 Å². The number of allylic oxidation sites excluding steroid dienone is 2. The molecular weight excluding hydrogens is 897 g/mol. The highest BCUT2D eigenvalue weighted by Crippen LogP contribution is 2.76. The molecular formula is C48H78O20. The second-order valence-corrected chi connectivity index (χ2v) is 23.1. The lowest BCUT2D eigenvalue weighted by atomic mass is 9.32. The SMILES string of the molecule is CC1CCC2(C(=O)O[C@H]3O[C@@H](CO[C@H]4O[C@@H](CO)[C@H](O[C@@H]5O[C@@H](C)[C@@H](O)[C@H](O)[C@@H]5O)[C@@H](O)[C@@H]4O)[C@H](O)[C@@H](O)[C@@H]3O)CCC3(C)C(=CCC4C5(C)CC(O)C(O)C(C)(CO)C5C(O)CC43C)C2C1C. The van der Waals surface area contributed by atoms with Gasteiger partial charge in [0.1, 0.15) is 67.1 Å². The lowest BCUT2D eigenvalue weighted by molar-refractivity contribution is -0.361. The van der Waals surface area contributed by atoms with Crippen LogP contribution in [0.2, 0.25) is 0 Å². The van der Waals surface area contributed by atoms with E-state index in [-0.39, 0.29) is 30.1 Å². The normalized spacial score (nSPS) is 57.1. The van der Waals surface area contributed by atoms with Gasteiger partial charge in [0.15, 0.2) is 12.6 Å². The van der Waals surface area contributed by atoms with Crippen LogP contribution in [0.1, 0.15) is 93.4 Å². The molecule has 13 unspecified atom stereocenters. The zero-order valence-corrected chi connectivity index (χ0v) is 40.1. The van der Waals surface area contributed by atoms with E-state index in [1.165, 1.54) is 6.92 Å². The van der Waals surface area contributed by atoms with E-state index in [2.05, 4.69) is 40.7 Å². The van der Waals surface area contributed by atoms with Gasteiger partial charge in [-0.1, -0.05) is 53.2 Å². The van der Waals surface area contributed by atoms with Crippen molar-refractivity contribution in [2.24, 2.45) is 56.7 Å². The molecule has 20 heteroatoms. The Morgan fingerprint density at radius 2 is 1.34 bits per heavy atom. The van der Waals surface area contributed by atoms with Crippen molar-refractivity contribution in [2.45, 2.75) is 204 Å². The summed E-state index contributed by atoms with van der Waals surface area (Å²) in [4.78, 5) is 15.0. The van der Waals surface area contributed by atoms with E-state index in [1.807, 2.05) is 0 Å². The molecule has 0 aromatic rings. The second-order valence-electron chi connectivity index (χ2n) is 23.1. The third-order valence-corrected chi connectivity index (χ3v) is 19.6. The smallest absolute Gasteiger partial charge is 0.315 e. The first kappa shape index (κ1) is 52.8. The summed E-state index contributed by atoms with van der Waals surface area (Å²) in [5.41, 5.74) is -2.84. The van der Waals surface area contributed by atoms with E-state index in [0.29, 0.717) is 38.5 Å². The van der Waals surface area contributed by atoms with Gasteiger partial charge in [0.05, 0.1) is 49.7 Å². The van der Waals surface area contributed by atoms with Crippen molar-refractivity contribution in [3.8, 4) is 0 Å². The Morgan fingerprint density at radius 1 is 0.706 bits per heavy atom. The number of ether oxygens (including phenoxy) is 6. The van der Waals surface area contributed by atoms with Gasteiger partial charge in [-0.2, -0.15) is 0 Å². The first-order valence-corrected chi connectivity index (χ1v) is 24.6. The van der Waals surface area contributed by atoms with E-state index < -0.39 is 169 Å². The minimum absolute atomic E-state index is 0.0115. The fraction of sp³-hybridized carbons (Fsp3) is 0.938. The molecule has 8 aliphatic rings. The quantitative estimate of drug-likeness (QED) is 0.0873. The second kappa shape index (κ2) is 18.8. The molecule has 0 bridgehead atoms. The fourth-order valence-electron chi connectivity index (χ4n) is 15.4. The van der Waals surface area contributed by atoms with E-state index in [1.54, 1.807) is 6.92 Å². The maximum atomic E-state index is 15.0. The molecule has 20 nitrogen and oxygen atoms in total. The van der Waals surface area contributed by atoms with Crippen LogP contribution in [-0.4, -0.2) is 203 Å². The number of rotatable bonds is 9. The van der Waals surface area contributed by atoms with Crippen molar-refractivity contribution in [1.29, 1.82) is 0 Å². The third-order valence-electron chi connectivity index (χ3n) is 19.6. The molecule has 3 heterocycles. The standard InChI is InChI=1S/C48H78O20/c1-19-10-11-48(13-12-46(6)22(28(48)20(19)2)8-9-27-44(4)14-24(52)39(61)45(5,18-50)38(44)23(51)15-47(27,46)7)43(62)68-42-35(59)32(56)30(54)26(66-42)17-63-40-36(60)33(57)37(25(16-49)65-40)67-41-34(58)31(55)29(53)21(3)64-41/h8,19-21,23-42,49-61H,9-18H2,1-7H3/t19?,20?,21-,23?,24?,25-,26-,27?,28?,29+,30-,31-,32+,33-,34-,35-,36-,37-,38?,39?,40-,41-,42+,44?,45?,46?,47?,48?/m0/s1. The summed E-state index contributed by atoms with van der Waals surface area (Å²) in [6, 6.07) is 0. The highest BCUT2D eigenvalue weighted by atomic mass is 16.8. The first-order chi connectivity index (χ1) is 31.8. The Hall–Kier alpha value is -1.51. The van der Waals surface area contributed by atoms with E-state index >= 15 is 4.79 Å². The molecule has 8 rings (SSSR count). The molecule has 13 N–H and O–H groups in total. The molecule has 5 aliphatic carbocycles. The molecule has 0 amide bonds. The maximum absolute atomic E-state index is 15.0. The Morgan fingerprint density at radius 3 is 2.00 bits per heavy atom. The molecule has 68 heavy (non-hydrogen) atoms. The summed E-state index contributed by atoms with van der Waals surface area (Å²) < 4.78 is 34.6. The highest BCUT2D eigenvalue weighted by Gasteiger charge is 2.73. The number of hydrogen-bond acceptors (Lipinski definition) is 20. The van der Waals surface area contributed by atoms with Crippen molar-refractivity contribution >= 4 is 5.97 Å². The zero-order valence-electron chi connectivity index (χ0n) is 40.1. The van der Waals surface area contributed by atoms with Crippen LogP contribution in [-0.2, 0) is 33.2 Å². The largest absolute Gasteiger partial charge is 0.432 e. The van der Waals surface area contributed by atoms with Crippen LogP contribution in [0.3, 0.4) is 0 Å². The average molecular weight is 975 g/mol. The topological polar surface area (TPSA) is 335 Å². The van der Waals surface area contributed by atoms with Crippen molar-refractivity contribution in [1.82, 2.24) is 0 Å². The first-order valence-electron chi connectivity index (χ1n) is 24.6. The van der Waals surface area contributed by atoms with Crippen molar-refractivity contribution in [2.75, 3.05) is 19.8 Å². The van der Waals surface area contributed by atoms with Crippen LogP contribution < -0.4 is 0 Å². The van der Waals surface area contributed by atoms with Crippen LogP contribution in [0, 0.1) is 56.7 Å². The highest BCUT2D eigenvalue weighted by molar-refractivity contribution is 5.79. The molecule has 3 aliphatic heterocycles. The maximum Gasteiger partial charge on any atom is 0.315 e. The lowest BCUT2D eigenvalue weighted by Gasteiger charge is -2.72. The molecule has 390 valence electrons. The zero-order chi connectivity index (χ0) is 50.0. The summed E-state index contributed by atoms with van der Waals surface area (Å²) in [5, 5.41) is 142. The van der Waals surface area contributed by atoms with Crippen molar-refractivity contribution in [3.63, 3.8) is 0 Å². The number of aliphatic hydroxyl groups is 13. The van der Waals surface area contributed by atoms with Crippen LogP contribution in [0.4, 0.5) is 0 Å². The number of carbonyl (C=O) groups excluding carboxylic acids is 1. The van der Waals surface area contributed by atoms with Crippen molar-refractivity contribution in [3.05, 3.63) is 11.6 Å². The Kier molecular flexibility index (Phi) is 14.6. The minimum atomic E-state index is -1.89. The summed E-state index contributed by atoms with van der Waals surface area (Å²) in [7, 11) is 0. The number of esters is 1. The molecule has 0 radical (unpaired) electrons. The third kappa shape index (κ3) is 7.89. The van der Waals surface area contributed by atoms with Crippen LogP contribution in [0.5, 0.6) is 0 Å². The predicted molar refractivity (Wildman–Crippen MR) is 233 cm³/mol. The van der Waals surface area contributed by atoms with Crippen molar-refractivity contribution < 1.29 is 99.6 Å². The van der Waals surface area contributed by atoms with Crippen LogP contribution in [0.25, 0.3) is 0 Å². The molecule has 0 aromatic carbocycles. The molecule has 28 atom stereocenters. The van der Waals surface area contributed by atoms with Gasteiger partial charge in [-0.25, -0.2) is 0 Å². The average Bonchev–Trinajstić information content (AvgIpc) is 3.29. The molecule has 4 saturated carbocycles. The van der Waals surface area contributed by atoms with E-state index in [4.69, 9.17) is 28.4 Å². The van der Waals surface area contributed by atoms with Gasteiger partial charge in [0.25, 0.3) is 0 Å². The van der Waals surface area contributed by atoms with Gasteiger partial charge in [0.2, 0.25) is 6.29 Å². The van der Waals surface area contributed by atoms with Gasteiger partial charge >= 0.3 is 5.97 Å². The predicted octanol–water partition coefficient (Wildman–Crippen LogP) is -2.06.